The highest BCUT2D eigenvalue weighted by Gasteiger charge is 2.27. The molecule has 0 saturated carbocycles. The highest BCUT2D eigenvalue weighted by Crippen LogP contribution is 2.25. The molecule has 4 heteroatoms. The van der Waals surface area contributed by atoms with Crippen LogP contribution >= 0.6 is 27.7 Å². The molecule has 0 radical (unpaired) electrons. The lowest BCUT2D eigenvalue weighted by molar-refractivity contribution is 0.684. The molecule has 1 saturated heterocycles. The summed E-state index contributed by atoms with van der Waals surface area (Å²) in [4.78, 5) is 4.65. The molecule has 1 aliphatic rings. The standard InChI is InChI=1S/C13H17BrN2S/c1-9-5-3-4-6-11(9)8-15-13-16-10(2)12(7-14)17-13/h3-6,10,12H,7-8H2,1-2H3,(H,15,16). The van der Waals surface area contributed by atoms with Crippen molar-refractivity contribution in [1.29, 1.82) is 0 Å². The number of halogens is 1. The van der Waals surface area contributed by atoms with Crippen LogP contribution in [0.3, 0.4) is 0 Å². The number of thioether (sulfide) groups is 1. The molecular formula is C13H17BrN2S. The van der Waals surface area contributed by atoms with Gasteiger partial charge in [0.25, 0.3) is 0 Å². The van der Waals surface area contributed by atoms with E-state index in [0.717, 1.165) is 17.0 Å². The summed E-state index contributed by atoms with van der Waals surface area (Å²) in [6.45, 7) is 5.10. The number of hydrogen-bond acceptors (Lipinski definition) is 2. The van der Waals surface area contributed by atoms with E-state index in [1.54, 1.807) is 0 Å². The Hall–Kier alpha value is -0.480. The van der Waals surface area contributed by atoms with Gasteiger partial charge in [-0.05, 0) is 25.0 Å². The minimum Gasteiger partial charge on any atom is -0.361 e. The molecule has 0 aliphatic carbocycles. The lowest BCUT2D eigenvalue weighted by Gasteiger charge is -2.07. The summed E-state index contributed by atoms with van der Waals surface area (Å²) < 4.78 is 0. The molecule has 1 heterocycles. The summed E-state index contributed by atoms with van der Waals surface area (Å²) in [6, 6.07) is 8.91. The lowest BCUT2D eigenvalue weighted by atomic mass is 10.1. The molecular weight excluding hydrogens is 296 g/mol. The predicted molar refractivity (Wildman–Crippen MR) is 80.1 cm³/mol. The Labute approximate surface area is 115 Å². The Kier molecular flexibility index (Phi) is 4.51. The molecule has 1 fully saturated rings. The zero-order chi connectivity index (χ0) is 12.3. The average Bonchev–Trinajstić information content (AvgIpc) is 2.69. The highest BCUT2D eigenvalue weighted by molar-refractivity contribution is 9.09. The van der Waals surface area contributed by atoms with E-state index in [1.807, 2.05) is 11.8 Å². The second kappa shape index (κ2) is 5.91. The molecule has 92 valence electrons. The zero-order valence-corrected chi connectivity index (χ0v) is 12.5. The van der Waals surface area contributed by atoms with Crippen molar-refractivity contribution in [1.82, 2.24) is 5.32 Å². The summed E-state index contributed by atoms with van der Waals surface area (Å²) in [5.74, 6) is 0. The third-order valence-corrected chi connectivity index (χ3v) is 5.45. The maximum atomic E-state index is 4.65. The van der Waals surface area contributed by atoms with E-state index in [2.05, 4.69) is 64.4 Å². The maximum absolute atomic E-state index is 4.65. The number of hydrogen-bond donors (Lipinski definition) is 1. The van der Waals surface area contributed by atoms with Crippen LogP contribution in [0.4, 0.5) is 0 Å². The van der Waals surface area contributed by atoms with Crippen molar-refractivity contribution in [3.63, 3.8) is 0 Å². The first-order chi connectivity index (χ1) is 8.20. The molecule has 1 aromatic rings. The van der Waals surface area contributed by atoms with Crippen molar-refractivity contribution in [2.24, 2.45) is 4.99 Å². The minimum atomic E-state index is 0.495. The Morgan fingerprint density at radius 3 is 2.82 bits per heavy atom. The Morgan fingerprint density at radius 2 is 2.18 bits per heavy atom. The first-order valence-corrected chi connectivity index (χ1v) is 7.79. The van der Waals surface area contributed by atoms with Crippen LogP contribution in [0.5, 0.6) is 0 Å². The van der Waals surface area contributed by atoms with Gasteiger partial charge < -0.3 is 5.32 Å². The molecule has 17 heavy (non-hydrogen) atoms. The number of aryl methyl sites for hydroxylation is 1. The van der Waals surface area contributed by atoms with E-state index < -0.39 is 0 Å². The van der Waals surface area contributed by atoms with Gasteiger partial charge in [0, 0.05) is 16.6 Å². The summed E-state index contributed by atoms with van der Waals surface area (Å²) >= 11 is 5.37. The number of amidine groups is 1. The summed E-state index contributed by atoms with van der Waals surface area (Å²) in [5, 5.41) is 6.10. The third-order valence-electron chi connectivity index (χ3n) is 2.98. The molecule has 0 amide bonds. The number of nitrogens with one attached hydrogen (secondary N) is 1. The van der Waals surface area contributed by atoms with Gasteiger partial charge >= 0.3 is 0 Å². The SMILES string of the molecule is Cc1ccccc1CN=C1NC(C)C(CBr)S1. The Bertz CT molecular complexity index is 420. The average molecular weight is 313 g/mol. The molecule has 1 N–H and O–H groups in total. The van der Waals surface area contributed by atoms with Crippen LogP contribution in [0.25, 0.3) is 0 Å². The summed E-state index contributed by atoms with van der Waals surface area (Å²) in [5.41, 5.74) is 2.61. The van der Waals surface area contributed by atoms with E-state index in [1.165, 1.54) is 11.1 Å². The van der Waals surface area contributed by atoms with E-state index >= 15 is 0 Å². The maximum Gasteiger partial charge on any atom is 0.157 e. The number of aliphatic imine (C=N–C) groups is 1. The van der Waals surface area contributed by atoms with E-state index in [-0.39, 0.29) is 0 Å². The monoisotopic (exact) mass is 312 g/mol. The lowest BCUT2D eigenvalue weighted by Crippen LogP contribution is -2.28. The number of nitrogens with zero attached hydrogens (tertiary/aromatic N) is 1. The van der Waals surface area contributed by atoms with Gasteiger partial charge in [-0.3, -0.25) is 4.99 Å². The van der Waals surface area contributed by atoms with Gasteiger partial charge in [0.15, 0.2) is 5.17 Å². The van der Waals surface area contributed by atoms with Crippen LogP contribution in [0.2, 0.25) is 0 Å². The minimum absolute atomic E-state index is 0.495. The van der Waals surface area contributed by atoms with Gasteiger partial charge in [-0.15, -0.1) is 0 Å². The Morgan fingerprint density at radius 1 is 1.41 bits per heavy atom. The molecule has 2 rings (SSSR count). The predicted octanol–water partition coefficient (Wildman–Crippen LogP) is 3.34. The van der Waals surface area contributed by atoms with Crippen LogP contribution in [-0.4, -0.2) is 21.8 Å². The highest BCUT2D eigenvalue weighted by atomic mass is 79.9. The van der Waals surface area contributed by atoms with Crippen LogP contribution in [-0.2, 0) is 6.54 Å². The van der Waals surface area contributed by atoms with Gasteiger partial charge in [0.2, 0.25) is 0 Å². The second-order valence-corrected chi connectivity index (χ2v) is 6.17. The fourth-order valence-corrected chi connectivity index (χ4v) is 3.73. The van der Waals surface area contributed by atoms with Crippen molar-refractivity contribution in [3.8, 4) is 0 Å². The molecule has 1 aromatic carbocycles. The van der Waals surface area contributed by atoms with Crippen LogP contribution in [0.1, 0.15) is 18.1 Å². The largest absolute Gasteiger partial charge is 0.361 e. The molecule has 0 spiro atoms. The van der Waals surface area contributed by atoms with Gasteiger partial charge in [-0.2, -0.15) is 0 Å². The number of rotatable bonds is 3. The van der Waals surface area contributed by atoms with Crippen molar-refractivity contribution in [3.05, 3.63) is 35.4 Å². The normalized spacial score (nSPS) is 26.2. The van der Waals surface area contributed by atoms with Gasteiger partial charge in [0.05, 0.1) is 6.54 Å². The molecule has 0 bridgehead atoms. The number of alkyl halides is 1. The van der Waals surface area contributed by atoms with Crippen molar-refractivity contribution in [2.75, 3.05) is 5.33 Å². The second-order valence-electron chi connectivity index (χ2n) is 4.29. The molecule has 2 nitrogen and oxygen atoms in total. The van der Waals surface area contributed by atoms with Crippen molar-refractivity contribution in [2.45, 2.75) is 31.7 Å². The van der Waals surface area contributed by atoms with Crippen LogP contribution in [0, 0.1) is 6.92 Å². The van der Waals surface area contributed by atoms with Crippen LogP contribution in [0.15, 0.2) is 29.3 Å². The topological polar surface area (TPSA) is 24.4 Å². The third kappa shape index (κ3) is 3.26. The summed E-state index contributed by atoms with van der Waals surface area (Å²) in [7, 11) is 0. The quantitative estimate of drug-likeness (QED) is 0.866. The van der Waals surface area contributed by atoms with Gasteiger partial charge in [-0.25, -0.2) is 0 Å². The van der Waals surface area contributed by atoms with E-state index in [4.69, 9.17) is 0 Å². The van der Waals surface area contributed by atoms with Crippen molar-refractivity contribution < 1.29 is 0 Å². The van der Waals surface area contributed by atoms with Crippen LogP contribution < -0.4 is 5.32 Å². The fraction of sp³-hybridized carbons (Fsp3) is 0.462. The molecule has 0 aromatic heterocycles. The summed E-state index contributed by atoms with van der Waals surface area (Å²) in [6.07, 6.45) is 0. The molecule has 2 atom stereocenters. The fourth-order valence-electron chi connectivity index (χ4n) is 1.76. The first-order valence-electron chi connectivity index (χ1n) is 5.79. The first kappa shape index (κ1) is 13.0. The van der Waals surface area contributed by atoms with Crippen molar-refractivity contribution >= 4 is 32.9 Å². The number of benzene rings is 1. The Balaban J connectivity index is 2.01. The zero-order valence-electron chi connectivity index (χ0n) is 10.1. The molecule has 2 unspecified atom stereocenters. The van der Waals surface area contributed by atoms with E-state index in [0.29, 0.717) is 11.3 Å². The van der Waals surface area contributed by atoms with E-state index in [9.17, 15) is 0 Å². The van der Waals surface area contributed by atoms with Gasteiger partial charge in [-0.1, -0.05) is 52.0 Å². The smallest absolute Gasteiger partial charge is 0.157 e. The van der Waals surface area contributed by atoms with Gasteiger partial charge in [0.1, 0.15) is 0 Å². The molecule has 1 aliphatic heterocycles.